The van der Waals surface area contributed by atoms with Crippen LogP contribution in [0.25, 0.3) is 0 Å². The van der Waals surface area contributed by atoms with Crippen molar-refractivity contribution >= 4 is 23.3 Å². The fourth-order valence-corrected chi connectivity index (χ4v) is 2.23. The third-order valence-electron chi connectivity index (χ3n) is 3.52. The number of hydrogen-bond acceptors (Lipinski definition) is 11. The van der Waals surface area contributed by atoms with Gasteiger partial charge in [0.2, 0.25) is 0 Å². The predicted octanol–water partition coefficient (Wildman–Crippen LogP) is 1.39. The minimum absolute atomic E-state index is 0.0422. The Balaban J connectivity index is 1.92. The summed E-state index contributed by atoms with van der Waals surface area (Å²) in [4.78, 5) is 63.0. The van der Waals surface area contributed by atoms with Crippen LogP contribution in [-0.2, 0) is 32.1 Å². The van der Waals surface area contributed by atoms with Crippen LogP contribution in [0.3, 0.4) is 0 Å². The summed E-state index contributed by atoms with van der Waals surface area (Å²) in [7, 11) is 0. The lowest BCUT2D eigenvalue weighted by Gasteiger charge is -2.00. The molecule has 0 fully saturated rings. The van der Waals surface area contributed by atoms with Gasteiger partial charge in [-0.15, -0.1) is 9.68 Å². The number of phenolic OH excluding ortho intramolecular Hbond substituents is 2. The molecule has 2 aromatic carbocycles. The minimum Gasteiger partial charge on any atom is -0.502 e. The second kappa shape index (κ2) is 9.05. The molecule has 0 amide bonds. The van der Waals surface area contributed by atoms with Crippen LogP contribution in [0.5, 0.6) is 11.5 Å². The molecule has 156 valence electrons. The number of rotatable bonds is 8. The van der Waals surface area contributed by atoms with Crippen LogP contribution in [0.2, 0.25) is 0 Å². The molecule has 14 heteroatoms. The minimum atomic E-state index is -1.22. The monoisotopic (exact) mass is 422 g/mol. The van der Waals surface area contributed by atoms with Gasteiger partial charge in [0.15, 0.2) is 11.5 Å². The zero-order chi connectivity index (χ0) is 22.4. The summed E-state index contributed by atoms with van der Waals surface area (Å²) in [6.45, 7) is 0. The molecule has 0 aliphatic heterocycles. The molecule has 0 aliphatic rings. The summed E-state index contributed by atoms with van der Waals surface area (Å²) in [6, 6.07) is 6.12. The van der Waals surface area contributed by atoms with Crippen molar-refractivity contribution in [1.29, 1.82) is 0 Å². The summed E-state index contributed by atoms with van der Waals surface area (Å²) >= 11 is 0. The van der Waals surface area contributed by atoms with E-state index in [2.05, 4.69) is 9.68 Å². The fraction of sp³-hybridized carbons (Fsp3) is 0.125. The molecule has 0 saturated carbocycles. The number of aromatic hydroxyl groups is 2. The zero-order valence-corrected chi connectivity index (χ0v) is 14.8. The summed E-state index contributed by atoms with van der Waals surface area (Å²) in [6.07, 6.45) is -1.22. The van der Waals surface area contributed by atoms with Crippen molar-refractivity contribution in [2.24, 2.45) is 0 Å². The lowest BCUT2D eigenvalue weighted by molar-refractivity contribution is -0.945. The molecule has 2 N–H and O–H groups in total. The number of phenols is 2. The van der Waals surface area contributed by atoms with Gasteiger partial charge in [0.25, 0.3) is 0 Å². The predicted molar refractivity (Wildman–Crippen MR) is 92.7 cm³/mol. The van der Waals surface area contributed by atoms with Crippen molar-refractivity contribution in [3.05, 3.63) is 72.7 Å². The van der Waals surface area contributed by atoms with E-state index in [1.165, 1.54) is 12.1 Å². The van der Waals surface area contributed by atoms with E-state index in [0.29, 0.717) is 0 Å². The number of nitrogens with zero attached hydrogens (tertiary/aromatic N) is 3. The maximum atomic E-state index is 11.7. The standard InChI is InChI=1S/C16H11N3O11/c20-13-3-1-9(5-11(13)17(24)25)7-15(22)29-19(28)30-16(23)8-10-2-4-14(21)12(6-10)18(26)27/h1-6H,7-8H2,(H-,20,21)/p+1. The smallest absolute Gasteiger partial charge is 0.495 e. The second-order valence-electron chi connectivity index (χ2n) is 5.66. The molecular formula is C16H12N3O11+. The molecular weight excluding hydrogens is 410 g/mol. The Morgan fingerprint density at radius 2 is 1.13 bits per heavy atom. The highest BCUT2D eigenvalue weighted by molar-refractivity contribution is 5.73. The Labute approximate surface area is 165 Å². The number of nitro groups is 2. The Morgan fingerprint density at radius 3 is 1.47 bits per heavy atom. The molecule has 0 radical (unpaired) electrons. The van der Waals surface area contributed by atoms with Gasteiger partial charge in [-0.3, -0.25) is 20.2 Å². The van der Waals surface area contributed by atoms with Gasteiger partial charge >= 0.3 is 28.4 Å². The molecule has 0 unspecified atom stereocenters. The quantitative estimate of drug-likeness (QED) is 0.460. The number of nitro benzene ring substituents is 2. The van der Waals surface area contributed by atoms with Crippen LogP contribution >= 0.6 is 0 Å². The van der Waals surface area contributed by atoms with Gasteiger partial charge in [-0.25, -0.2) is 9.59 Å². The summed E-state index contributed by atoms with van der Waals surface area (Å²) in [5, 5.41) is 39.4. The molecule has 2 aromatic rings. The van der Waals surface area contributed by atoms with E-state index in [4.69, 9.17) is 0 Å². The lowest BCUT2D eigenvalue weighted by atomic mass is 10.1. The molecule has 0 heterocycles. The normalized spacial score (nSPS) is 10.1. The van der Waals surface area contributed by atoms with Crippen molar-refractivity contribution in [3.63, 3.8) is 0 Å². The van der Waals surface area contributed by atoms with Crippen LogP contribution in [0, 0.1) is 25.1 Å². The van der Waals surface area contributed by atoms with Gasteiger partial charge in [0.1, 0.15) is 4.91 Å². The molecule has 14 nitrogen and oxygen atoms in total. The van der Waals surface area contributed by atoms with E-state index in [-0.39, 0.29) is 11.1 Å². The molecule has 0 atom stereocenters. The highest BCUT2D eigenvalue weighted by atomic mass is 17.0. The molecule has 0 saturated heterocycles. The van der Waals surface area contributed by atoms with Gasteiger partial charge in [-0.05, 0) is 23.3 Å². The van der Waals surface area contributed by atoms with Gasteiger partial charge in [-0.1, -0.05) is 12.1 Å². The van der Waals surface area contributed by atoms with Crippen molar-refractivity contribution in [1.82, 2.24) is 0 Å². The number of hydrogen-bond donors (Lipinski definition) is 2. The lowest BCUT2D eigenvalue weighted by Crippen LogP contribution is -2.22. The average Bonchev–Trinajstić information content (AvgIpc) is 2.64. The van der Waals surface area contributed by atoms with Gasteiger partial charge < -0.3 is 10.2 Å². The van der Waals surface area contributed by atoms with Crippen LogP contribution in [0.4, 0.5) is 11.4 Å². The molecule has 0 bridgehead atoms. The van der Waals surface area contributed by atoms with Crippen molar-refractivity contribution in [2.75, 3.05) is 0 Å². The SMILES string of the molecule is O=C(Cc1ccc(O)c([N+](=O)[O-])c1)O[N+](=O)OC(=O)Cc1ccc(O)c([N+](=O)[O-])c1. The van der Waals surface area contributed by atoms with Crippen molar-refractivity contribution in [2.45, 2.75) is 12.8 Å². The Bertz CT molecular complexity index is 969. The Hall–Kier alpha value is -4.62. The van der Waals surface area contributed by atoms with Gasteiger partial charge in [0.05, 0.1) is 22.7 Å². The van der Waals surface area contributed by atoms with Gasteiger partial charge in [-0.2, -0.15) is 0 Å². The first-order valence-corrected chi connectivity index (χ1v) is 7.88. The maximum Gasteiger partial charge on any atom is 0.495 e. The summed E-state index contributed by atoms with van der Waals surface area (Å²) < 4.78 is 0. The molecule has 0 spiro atoms. The molecule has 30 heavy (non-hydrogen) atoms. The third kappa shape index (κ3) is 5.69. The van der Waals surface area contributed by atoms with Crippen LogP contribution in [0.15, 0.2) is 36.4 Å². The highest BCUT2D eigenvalue weighted by Crippen LogP contribution is 2.27. The van der Waals surface area contributed by atoms with E-state index in [1.54, 1.807) is 0 Å². The van der Waals surface area contributed by atoms with Crippen molar-refractivity contribution < 1.29 is 44.4 Å². The van der Waals surface area contributed by atoms with Crippen LogP contribution in [0.1, 0.15) is 11.1 Å². The molecule has 0 aromatic heterocycles. The first-order valence-electron chi connectivity index (χ1n) is 7.88. The second-order valence-corrected chi connectivity index (χ2v) is 5.66. The maximum absolute atomic E-state index is 11.7. The van der Waals surface area contributed by atoms with E-state index >= 15 is 0 Å². The Morgan fingerprint density at radius 1 is 0.767 bits per heavy atom. The first-order chi connectivity index (χ1) is 14.1. The van der Waals surface area contributed by atoms with Gasteiger partial charge in [0, 0.05) is 12.1 Å². The highest BCUT2D eigenvalue weighted by Gasteiger charge is 2.27. The van der Waals surface area contributed by atoms with Crippen molar-refractivity contribution in [3.8, 4) is 11.5 Å². The van der Waals surface area contributed by atoms with E-state index in [9.17, 15) is 44.9 Å². The first kappa shape index (κ1) is 21.7. The summed E-state index contributed by atoms with van der Waals surface area (Å²) in [5.41, 5.74) is -1.23. The number of carbonyl (C=O) groups excluding carboxylic acids is 2. The average molecular weight is 422 g/mol. The fourth-order valence-electron chi connectivity index (χ4n) is 2.23. The largest absolute Gasteiger partial charge is 0.502 e. The van der Waals surface area contributed by atoms with Crippen LogP contribution in [-0.4, -0.2) is 37.1 Å². The van der Waals surface area contributed by atoms with E-state index in [1.807, 2.05) is 0 Å². The molecule has 0 aliphatic carbocycles. The molecule has 2 rings (SSSR count). The number of carbonyl (C=O) groups is 2. The topological polar surface area (TPSA) is 199 Å². The third-order valence-corrected chi connectivity index (χ3v) is 3.52. The van der Waals surface area contributed by atoms with E-state index in [0.717, 1.165) is 24.3 Å². The Kier molecular flexibility index (Phi) is 6.54. The van der Waals surface area contributed by atoms with E-state index < -0.39 is 62.6 Å². The summed E-state index contributed by atoms with van der Waals surface area (Å²) in [5.74, 6) is -3.69. The van der Waals surface area contributed by atoms with Crippen LogP contribution < -0.4 is 0 Å². The zero-order valence-electron chi connectivity index (χ0n) is 14.8. The number of benzene rings is 2.